The Morgan fingerprint density at radius 2 is 2.28 bits per heavy atom. The highest BCUT2D eigenvalue weighted by Gasteiger charge is 2.34. The van der Waals surface area contributed by atoms with Crippen LogP contribution < -0.4 is 11.4 Å². The third kappa shape index (κ3) is 2.57. The van der Waals surface area contributed by atoms with Gasteiger partial charge in [0.2, 0.25) is 0 Å². The predicted octanol–water partition coefficient (Wildman–Crippen LogP) is -0.0326. The van der Waals surface area contributed by atoms with Crippen molar-refractivity contribution in [2.24, 2.45) is 11.8 Å². The Morgan fingerprint density at radius 3 is 2.94 bits per heavy atom. The van der Waals surface area contributed by atoms with Crippen LogP contribution in [0, 0.1) is 11.8 Å². The molecule has 0 saturated heterocycles. The summed E-state index contributed by atoms with van der Waals surface area (Å²) in [5.41, 5.74) is 5.11. The molecule has 18 heavy (non-hydrogen) atoms. The average Bonchev–Trinajstić information content (AvgIpc) is 2.67. The second-order valence-corrected chi connectivity index (χ2v) is 5.51. The van der Waals surface area contributed by atoms with E-state index in [1.54, 1.807) is 6.20 Å². The topological polar surface area (TPSA) is 101 Å². The highest BCUT2D eigenvalue weighted by atomic mass is 79.9. The molecule has 0 amide bonds. The number of nitrogen functional groups attached to an aromatic ring is 1. The monoisotopic (exact) mass is 317 g/mol. The molecule has 3 atom stereocenters. The van der Waals surface area contributed by atoms with Crippen molar-refractivity contribution in [3.05, 3.63) is 21.2 Å². The fourth-order valence-corrected chi connectivity index (χ4v) is 2.82. The van der Waals surface area contributed by atoms with Crippen molar-refractivity contribution in [1.82, 2.24) is 9.55 Å². The zero-order valence-corrected chi connectivity index (χ0v) is 11.4. The minimum Gasteiger partial charge on any atom is -0.396 e. The molecule has 1 saturated carbocycles. The number of aromatic nitrogens is 2. The van der Waals surface area contributed by atoms with Gasteiger partial charge in [0.05, 0.1) is 10.6 Å². The van der Waals surface area contributed by atoms with Gasteiger partial charge in [-0.05, 0) is 34.7 Å². The van der Waals surface area contributed by atoms with Gasteiger partial charge in [0, 0.05) is 25.3 Å². The maximum Gasteiger partial charge on any atom is 0.349 e. The summed E-state index contributed by atoms with van der Waals surface area (Å²) in [6.45, 7) is 0.372. The number of nitrogens with two attached hydrogens (primary N) is 1. The maximum atomic E-state index is 11.7. The maximum absolute atomic E-state index is 11.7. The van der Waals surface area contributed by atoms with Crippen LogP contribution in [0.2, 0.25) is 0 Å². The summed E-state index contributed by atoms with van der Waals surface area (Å²) < 4.78 is 2.03. The van der Waals surface area contributed by atoms with E-state index in [2.05, 4.69) is 20.9 Å². The summed E-state index contributed by atoms with van der Waals surface area (Å²) in [5.74, 6) is 0.0784. The predicted molar refractivity (Wildman–Crippen MR) is 69.9 cm³/mol. The van der Waals surface area contributed by atoms with E-state index in [0.717, 1.165) is 6.42 Å². The summed E-state index contributed by atoms with van der Waals surface area (Å²) >= 11 is 3.23. The normalized spacial score (nSPS) is 27.6. The largest absolute Gasteiger partial charge is 0.396 e. The summed E-state index contributed by atoms with van der Waals surface area (Å²) in [6, 6.07) is 0. The Hall–Kier alpha value is -0.920. The van der Waals surface area contributed by atoms with Gasteiger partial charge < -0.3 is 15.9 Å². The van der Waals surface area contributed by atoms with E-state index in [1.807, 2.05) is 0 Å². The van der Waals surface area contributed by atoms with Gasteiger partial charge in [-0.2, -0.15) is 4.98 Å². The van der Waals surface area contributed by atoms with Crippen LogP contribution in [-0.2, 0) is 6.54 Å². The molecule has 100 valence electrons. The molecule has 0 bridgehead atoms. The number of hydrogen-bond acceptors (Lipinski definition) is 5. The number of aliphatic hydroxyl groups is 2. The molecule has 0 spiro atoms. The Balaban J connectivity index is 2.19. The first-order valence-electron chi connectivity index (χ1n) is 5.84. The molecule has 1 heterocycles. The van der Waals surface area contributed by atoms with Crippen LogP contribution in [0.25, 0.3) is 0 Å². The fraction of sp³-hybridized carbons (Fsp3) is 0.636. The smallest absolute Gasteiger partial charge is 0.349 e. The zero-order chi connectivity index (χ0) is 13.3. The van der Waals surface area contributed by atoms with Gasteiger partial charge in [-0.15, -0.1) is 0 Å². The molecule has 1 aromatic heterocycles. The Labute approximate surface area is 113 Å². The molecule has 1 unspecified atom stereocenters. The van der Waals surface area contributed by atoms with E-state index in [0.29, 0.717) is 17.4 Å². The number of hydrogen-bond donors (Lipinski definition) is 3. The molecule has 0 aliphatic heterocycles. The Bertz CT molecular complexity index is 491. The van der Waals surface area contributed by atoms with Crippen LogP contribution in [0.5, 0.6) is 0 Å². The lowest BCUT2D eigenvalue weighted by atomic mass is 9.95. The quantitative estimate of drug-likeness (QED) is 0.726. The van der Waals surface area contributed by atoms with Gasteiger partial charge in [0.1, 0.15) is 5.82 Å². The number of halogens is 1. The number of anilines is 1. The first-order valence-corrected chi connectivity index (χ1v) is 6.63. The molecule has 1 aromatic rings. The van der Waals surface area contributed by atoms with Crippen LogP contribution in [0.4, 0.5) is 5.82 Å². The molecular formula is C11H16BrN3O3. The number of nitrogens with zero attached hydrogens (tertiary/aromatic N) is 2. The van der Waals surface area contributed by atoms with Crippen molar-refractivity contribution in [3.8, 4) is 0 Å². The fourth-order valence-electron chi connectivity index (χ4n) is 2.49. The zero-order valence-electron chi connectivity index (χ0n) is 9.79. The van der Waals surface area contributed by atoms with Crippen molar-refractivity contribution in [2.45, 2.75) is 25.5 Å². The molecule has 6 nitrogen and oxygen atoms in total. The van der Waals surface area contributed by atoms with E-state index in [9.17, 15) is 15.0 Å². The minimum absolute atomic E-state index is 0.0653. The third-order valence-corrected chi connectivity index (χ3v) is 4.16. The summed E-state index contributed by atoms with van der Waals surface area (Å²) in [5, 5.41) is 19.0. The van der Waals surface area contributed by atoms with E-state index >= 15 is 0 Å². The van der Waals surface area contributed by atoms with Crippen LogP contribution >= 0.6 is 15.9 Å². The van der Waals surface area contributed by atoms with Crippen LogP contribution in [-0.4, -0.2) is 32.5 Å². The van der Waals surface area contributed by atoms with Gasteiger partial charge in [-0.3, -0.25) is 4.57 Å². The Kier molecular flexibility index (Phi) is 4.04. The Morgan fingerprint density at radius 1 is 1.56 bits per heavy atom. The van der Waals surface area contributed by atoms with E-state index in [4.69, 9.17) is 5.73 Å². The van der Waals surface area contributed by atoms with Gasteiger partial charge in [0.15, 0.2) is 0 Å². The summed E-state index contributed by atoms with van der Waals surface area (Å²) in [7, 11) is 0. The molecule has 0 aromatic carbocycles. The van der Waals surface area contributed by atoms with Gasteiger partial charge in [-0.1, -0.05) is 0 Å². The SMILES string of the molecule is Nc1nc(=O)n(CC2CC[C@@H](O)[C@H]2CO)cc1Br. The lowest BCUT2D eigenvalue weighted by Gasteiger charge is -2.20. The molecule has 0 radical (unpaired) electrons. The molecular weight excluding hydrogens is 302 g/mol. The van der Waals surface area contributed by atoms with Gasteiger partial charge in [0.25, 0.3) is 0 Å². The van der Waals surface area contributed by atoms with E-state index in [-0.39, 0.29) is 24.3 Å². The minimum atomic E-state index is -0.485. The van der Waals surface area contributed by atoms with Crippen molar-refractivity contribution in [3.63, 3.8) is 0 Å². The number of aliphatic hydroxyl groups excluding tert-OH is 2. The first-order chi connectivity index (χ1) is 8.52. The van der Waals surface area contributed by atoms with Crippen molar-refractivity contribution < 1.29 is 10.2 Å². The highest BCUT2D eigenvalue weighted by molar-refractivity contribution is 9.10. The van der Waals surface area contributed by atoms with Crippen molar-refractivity contribution in [1.29, 1.82) is 0 Å². The summed E-state index contributed by atoms with van der Waals surface area (Å²) in [6.07, 6.45) is 2.57. The van der Waals surface area contributed by atoms with Crippen LogP contribution in [0.15, 0.2) is 15.5 Å². The molecule has 1 aliphatic carbocycles. The van der Waals surface area contributed by atoms with Gasteiger partial charge in [-0.25, -0.2) is 4.79 Å². The van der Waals surface area contributed by atoms with Crippen LogP contribution in [0.1, 0.15) is 12.8 Å². The second-order valence-electron chi connectivity index (χ2n) is 4.66. The first kappa shape index (κ1) is 13.5. The number of rotatable bonds is 3. The van der Waals surface area contributed by atoms with Crippen LogP contribution in [0.3, 0.4) is 0 Å². The molecule has 1 fully saturated rings. The molecule has 4 N–H and O–H groups in total. The third-order valence-electron chi connectivity index (χ3n) is 3.55. The van der Waals surface area contributed by atoms with E-state index in [1.165, 1.54) is 4.57 Å². The standard InChI is InChI=1S/C11H16BrN3O3/c12-8-4-15(11(18)14-10(8)13)3-6-1-2-9(17)7(6)5-16/h4,6-7,9,16-17H,1-3,5H2,(H2,13,14,18)/t6?,7-,9+/m0/s1. The van der Waals surface area contributed by atoms with Gasteiger partial charge >= 0.3 is 5.69 Å². The second kappa shape index (κ2) is 5.38. The molecule has 1 aliphatic rings. The van der Waals surface area contributed by atoms with Crippen molar-refractivity contribution in [2.75, 3.05) is 12.3 Å². The molecule has 7 heteroatoms. The van der Waals surface area contributed by atoms with Crippen molar-refractivity contribution >= 4 is 21.7 Å². The molecule has 2 rings (SSSR count). The van der Waals surface area contributed by atoms with E-state index < -0.39 is 11.8 Å². The average molecular weight is 318 g/mol. The highest BCUT2D eigenvalue weighted by Crippen LogP contribution is 2.32. The lowest BCUT2D eigenvalue weighted by Crippen LogP contribution is -2.31. The summed E-state index contributed by atoms with van der Waals surface area (Å²) in [4.78, 5) is 15.4. The lowest BCUT2D eigenvalue weighted by molar-refractivity contribution is 0.0682.